The van der Waals surface area contributed by atoms with Crippen LogP contribution in [0.3, 0.4) is 0 Å². The van der Waals surface area contributed by atoms with Gasteiger partial charge in [0.1, 0.15) is 0 Å². The minimum absolute atomic E-state index is 0.189. The van der Waals surface area contributed by atoms with Gasteiger partial charge in [-0.2, -0.15) is 0 Å². The smallest absolute Gasteiger partial charge is 0.319 e. The molecule has 25 heavy (non-hydrogen) atoms. The van der Waals surface area contributed by atoms with Gasteiger partial charge in [0.15, 0.2) is 11.5 Å². The first kappa shape index (κ1) is 15.8. The van der Waals surface area contributed by atoms with Crippen LogP contribution in [-0.2, 0) is 6.42 Å². The lowest BCUT2D eigenvalue weighted by Gasteiger charge is -2.12. The molecule has 5 nitrogen and oxygen atoms in total. The maximum atomic E-state index is 12.2. The Morgan fingerprint density at radius 2 is 1.92 bits per heavy atom. The molecule has 2 aliphatic rings. The topological polar surface area (TPSA) is 59.6 Å². The fourth-order valence-electron chi connectivity index (χ4n) is 4.06. The molecule has 2 aromatic carbocycles. The third kappa shape index (κ3) is 2.90. The Labute approximate surface area is 147 Å². The second-order valence-corrected chi connectivity index (χ2v) is 6.66. The Balaban J connectivity index is 1.31. The van der Waals surface area contributed by atoms with E-state index < -0.39 is 0 Å². The maximum Gasteiger partial charge on any atom is 0.319 e. The van der Waals surface area contributed by atoms with Crippen molar-refractivity contribution in [3.63, 3.8) is 0 Å². The van der Waals surface area contributed by atoms with Gasteiger partial charge in [-0.25, -0.2) is 4.79 Å². The van der Waals surface area contributed by atoms with Gasteiger partial charge >= 0.3 is 6.03 Å². The molecule has 1 fully saturated rings. The minimum Gasteiger partial charge on any atom is -0.493 e. The highest BCUT2D eigenvalue weighted by Gasteiger charge is 2.54. The Kier molecular flexibility index (Phi) is 3.99. The third-order valence-corrected chi connectivity index (χ3v) is 5.34. The fraction of sp³-hybridized carbons (Fsp3) is 0.350. The van der Waals surface area contributed by atoms with E-state index in [0.29, 0.717) is 41.5 Å². The highest BCUT2D eigenvalue weighted by molar-refractivity contribution is 5.89. The van der Waals surface area contributed by atoms with Crippen LogP contribution < -0.4 is 20.1 Å². The Bertz CT molecular complexity index is 805. The van der Waals surface area contributed by atoms with Crippen molar-refractivity contribution < 1.29 is 14.3 Å². The van der Waals surface area contributed by atoms with Crippen molar-refractivity contribution in [2.75, 3.05) is 26.1 Å². The molecule has 2 aliphatic carbocycles. The molecule has 2 N–H and O–H groups in total. The molecule has 0 spiro atoms. The van der Waals surface area contributed by atoms with Crippen molar-refractivity contribution in [2.45, 2.75) is 12.3 Å². The van der Waals surface area contributed by atoms with Gasteiger partial charge in [-0.15, -0.1) is 0 Å². The van der Waals surface area contributed by atoms with Crippen LogP contribution in [-0.4, -0.2) is 26.8 Å². The molecule has 1 saturated carbocycles. The van der Waals surface area contributed by atoms with Crippen LogP contribution in [0.4, 0.5) is 10.5 Å². The van der Waals surface area contributed by atoms with E-state index in [2.05, 4.69) is 34.9 Å². The van der Waals surface area contributed by atoms with E-state index in [1.165, 1.54) is 11.1 Å². The molecule has 0 bridgehead atoms. The first-order chi connectivity index (χ1) is 12.2. The normalized spacial score (nSPS) is 22.6. The van der Waals surface area contributed by atoms with Crippen LogP contribution in [0.1, 0.15) is 17.0 Å². The van der Waals surface area contributed by atoms with E-state index in [9.17, 15) is 4.79 Å². The predicted molar refractivity (Wildman–Crippen MR) is 96.4 cm³/mol. The molecule has 5 heteroatoms. The number of nitrogens with one attached hydrogen (secondary N) is 2. The van der Waals surface area contributed by atoms with Crippen LogP contribution in [0.25, 0.3) is 0 Å². The van der Waals surface area contributed by atoms with Gasteiger partial charge in [-0.1, -0.05) is 24.3 Å². The molecule has 0 aliphatic heterocycles. The molecule has 0 heterocycles. The molecule has 4 rings (SSSR count). The first-order valence-electron chi connectivity index (χ1n) is 8.56. The second-order valence-electron chi connectivity index (χ2n) is 6.66. The summed E-state index contributed by atoms with van der Waals surface area (Å²) in [4.78, 5) is 12.2. The van der Waals surface area contributed by atoms with E-state index in [-0.39, 0.29) is 6.03 Å². The molecule has 3 unspecified atom stereocenters. The summed E-state index contributed by atoms with van der Waals surface area (Å²) in [5.41, 5.74) is 3.62. The number of hydrogen-bond donors (Lipinski definition) is 2. The Morgan fingerprint density at radius 3 is 2.72 bits per heavy atom. The zero-order valence-corrected chi connectivity index (χ0v) is 14.4. The summed E-state index contributed by atoms with van der Waals surface area (Å²) >= 11 is 0. The number of benzene rings is 2. The lowest BCUT2D eigenvalue weighted by molar-refractivity contribution is 0.251. The number of urea groups is 1. The summed E-state index contributed by atoms with van der Waals surface area (Å²) < 4.78 is 10.5. The summed E-state index contributed by atoms with van der Waals surface area (Å²) in [6, 6.07) is 13.8. The predicted octanol–water partition coefficient (Wildman–Crippen LogP) is 3.41. The van der Waals surface area contributed by atoms with E-state index in [1.807, 2.05) is 0 Å². The quantitative estimate of drug-likeness (QED) is 0.878. The molecule has 0 radical (unpaired) electrons. The van der Waals surface area contributed by atoms with E-state index in [0.717, 1.165) is 6.42 Å². The summed E-state index contributed by atoms with van der Waals surface area (Å²) in [5, 5.41) is 5.85. The number of amides is 2. The monoisotopic (exact) mass is 338 g/mol. The molecule has 130 valence electrons. The van der Waals surface area contributed by atoms with Crippen molar-refractivity contribution in [3.8, 4) is 11.5 Å². The van der Waals surface area contributed by atoms with Gasteiger partial charge in [-0.05, 0) is 47.4 Å². The van der Waals surface area contributed by atoms with E-state index in [4.69, 9.17) is 9.47 Å². The highest BCUT2D eigenvalue weighted by Crippen LogP contribution is 2.60. The lowest BCUT2D eigenvalue weighted by atomic mass is 10.0. The lowest BCUT2D eigenvalue weighted by Crippen LogP contribution is -2.31. The molecular weight excluding hydrogens is 316 g/mol. The summed E-state index contributed by atoms with van der Waals surface area (Å²) in [7, 11) is 3.16. The Morgan fingerprint density at radius 1 is 1.12 bits per heavy atom. The van der Waals surface area contributed by atoms with Crippen LogP contribution in [0.2, 0.25) is 0 Å². The summed E-state index contributed by atoms with van der Waals surface area (Å²) in [5.74, 6) is 3.11. The fourth-order valence-corrected chi connectivity index (χ4v) is 4.06. The molecular formula is C20H22N2O3. The second kappa shape index (κ2) is 6.31. The van der Waals surface area contributed by atoms with Crippen molar-refractivity contribution in [1.29, 1.82) is 0 Å². The van der Waals surface area contributed by atoms with Gasteiger partial charge in [0.25, 0.3) is 0 Å². The minimum atomic E-state index is -0.189. The van der Waals surface area contributed by atoms with Crippen LogP contribution >= 0.6 is 0 Å². The van der Waals surface area contributed by atoms with Crippen LogP contribution in [0, 0.1) is 11.8 Å². The standard InChI is InChI=1S/C20H22N2O3/c1-24-17-8-7-13(10-18(17)25-2)22-20(23)21-11-16-15-9-12-5-3-4-6-14(12)19(15)16/h3-8,10,15-16,19H,9,11H2,1-2H3,(H2,21,22,23). The number of ether oxygens (including phenoxy) is 2. The first-order valence-corrected chi connectivity index (χ1v) is 8.56. The van der Waals surface area contributed by atoms with Crippen molar-refractivity contribution in [3.05, 3.63) is 53.6 Å². The molecule has 2 amide bonds. The number of anilines is 1. The average Bonchev–Trinajstić information content (AvgIpc) is 3.18. The molecule has 0 saturated heterocycles. The number of carbonyl (C=O) groups is 1. The van der Waals surface area contributed by atoms with Crippen LogP contribution in [0.5, 0.6) is 11.5 Å². The molecule has 3 atom stereocenters. The largest absolute Gasteiger partial charge is 0.493 e. The van der Waals surface area contributed by atoms with Gasteiger partial charge < -0.3 is 20.1 Å². The average molecular weight is 338 g/mol. The SMILES string of the molecule is COc1ccc(NC(=O)NCC2C3Cc4ccccc4C23)cc1OC. The zero-order valence-electron chi connectivity index (χ0n) is 14.4. The van der Waals surface area contributed by atoms with E-state index >= 15 is 0 Å². The van der Waals surface area contributed by atoms with Gasteiger partial charge in [0, 0.05) is 18.3 Å². The van der Waals surface area contributed by atoms with E-state index in [1.54, 1.807) is 32.4 Å². The third-order valence-electron chi connectivity index (χ3n) is 5.34. The number of fused-ring (bicyclic) bond motifs is 3. The summed E-state index contributed by atoms with van der Waals surface area (Å²) in [6.45, 7) is 0.711. The van der Waals surface area contributed by atoms with Crippen molar-refractivity contribution >= 4 is 11.7 Å². The number of hydrogen-bond acceptors (Lipinski definition) is 3. The van der Waals surface area contributed by atoms with Crippen LogP contribution in [0.15, 0.2) is 42.5 Å². The summed E-state index contributed by atoms with van der Waals surface area (Å²) in [6.07, 6.45) is 1.14. The van der Waals surface area contributed by atoms with Crippen molar-refractivity contribution in [1.82, 2.24) is 5.32 Å². The molecule has 0 aromatic heterocycles. The highest BCUT2D eigenvalue weighted by atomic mass is 16.5. The van der Waals surface area contributed by atoms with Gasteiger partial charge in [0.05, 0.1) is 14.2 Å². The van der Waals surface area contributed by atoms with Crippen molar-refractivity contribution in [2.24, 2.45) is 11.8 Å². The zero-order chi connectivity index (χ0) is 17.4. The molecule has 2 aromatic rings. The van der Waals surface area contributed by atoms with Gasteiger partial charge in [0.2, 0.25) is 0 Å². The Hall–Kier alpha value is -2.69. The van der Waals surface area contributed by atoms with Gasteiger partial charge in [-0.3, -0.25) is 0 Å². The maximum absolute atomic E-state index is 12.2. The number of carbonyl (C=O) groups excluding carboxylic acids is 1. The number of methoxy groups -OCH3 is 2. The number of rotatable bonds is 5.